The molecule has 320 valence electrons. The number of aromatic nitrogens is 2. The molecule has 2 aliphatic carbocycles. The molecule has 4 aliphatic heterocycles. The number of halogens is 3. The van der Waals surface area contributed by atoms with Crippen LogP contribution in [0.5, 0.6) is 0 Å². The highest BCUT2D eigenvalue weighted by atomic mass is 79.9. The fraction of sp³-hybridized carbons (Fsp3) is 0.521. The van der Waals surface area contributed by atoms with Gasteiger partial charge in [0.2, 0.25) is 17.7 Å². The number of carbonyl (C=O) groups excluding carboxylic acids is 3. The van der Waals surface area contributed by atoms with Crippen molar-refractivity contribution in [1.82, 2.24) is 19.4 Å². The Morgan fingerprint density at radius 3 is 2.16 bits per heavy atom. The van der Waals surface area contributed by atoms with Crippen LogP contribution in [0.1, 0.15) is 113 Å². The lowest BCUT2D eigenvalue weighted by atomic mass is 9.69. The van der Waals surface area contributed by atoms with E-state index in [0.29, 0.717) is 60.4 Å². The zero-order chi connectivity index (χ0) is 42.0. The number of amides is 3. The topological polar surface area (TPSA) is 99.1 Å². The molecule has 0 N–H and O–H groups in total. The third kappa shape index (κ3) is 7.21. The molecule has 6 aliphatic rings. The van der Waals surface area contributed by atoms with Gasteiger partial charge in [0.25, 0.3) is 5.56 Å². The Morgan fingerprint density at radius 1 is 0.787 bits per heavy atom. The summed E-state index contributed by atoms with van der Waals surface area (Å²) in [5, 5.41) is 0.647. The van der Waals surface area contributed by atoms with Crippen molar-refractivity contribution in [3.8, 4) is 5.69 Å². The first-order valence-electron chi connectivity index (χ1n) is 22.6. The summed E-state index contributed by atoms with van der Waals surface area (Å²) in [6.07, 6.45) is 12.5. The second-order valence-corrected chi connectivity index (χ2v) is 19.3. The normalized spacial score (nSPS) is 23.5. The van der Waals surface area contributed by atoms with Crippen LogP contribution in [0.4, 0.5) is 20.2 Å². The Bertz CT molecular complexity index is 2420. The van der Waals surface area contributed by atoms with Crippen LogP contribution in [0.25, 0.3) is 16.6 Å². The van der Waals surface area contributed by atoms with Gasteiger partial charge >= 0.3 is 0 Å². The van der Waals surface area contributed by atoms with Crippen molar-refractivity contribution in [3.63, 3.8) is 0 Å². The summed E-state index contributed by atoms with van der Waals surface area (Å²) < 4.78 is 33.5. The van der Waals surface area contributed by atoms with Crippen molar-refractivity contribution in [1.29, 1.82) is 0 Å². The standard InChI is InChI=1S/C48H53BrF2N6O4/c49-36-6-4-7-39-43(36)45(60)52-47-48(18-2-1-3-19-48)35-15-14-33(26-40(35)56(39)47)31-12-10-30(11-13-31)29-53-20-16-32(17-21-53)46(61)55-24-22-54(23-25-55)34-27-37(50)44(38(51)28-34)57-41(58)8-5-9-42(57)59/h4,6-7,14-15,26-28,30-32H,1-3,5,8-13,16-25,29H2. The van der Waals surface area contributed by atoms with E-state index in [2.05, 4.69) is 49.7 Å². The molecule has 5 fully saturated rings. The fourth-order valence-corrected chi connectivity index (χ4v) is 12.3. The minimum Gasteiger partial charge on any atom is -0.368 e. The molecule has 0 radical (unpaired) electrons. The van der Waals surface area contributed by atoms with Crippen molar-refractivity contribution in [3.05, 3.63) is 91.9 Å². The first kappa shape index (κ1) is 40.6. The summed E-state index contributed by atoms with van der Waals surface area (Å²) in [6, 6.07) is 15.5. The second-order valence-electron chi connectivity index (χ2n) is 18.5. The number of carbonyl (C=O) groups is 3. The molecule has 3 amide bonds. The van der Waals surface area contributed by atoms with Crippen molar-refractivity contribution >= 4 is 55.9 Å². The average Bonchev–Trinajstić information content (AvgIpc) is 3.52. The molecule has 13 heteroatoms. The van der Waals surface area contributed by atoms with Gasteiger partial charge in [-0.05, 0) is 140 Å². The lowest BCUT2D eigenvalue weighted by Gasteiger charge is -2.40. The van der Waals surface area contributed by atoms with E-state index in [9.17, 15) is 19.2 Å². The molecular formula is C48H53BrF2N6O4. The molecule has 3 saturated heterocycles. The van der Waals surface area contributed by atoms with Gasteiger partial charge in [-0.2, -0.15) is 4.98 Å². The van der Waals surface area contributed by atoms with Gasteiger partial charge in [-0.1, -0.05) is 37.5 Å². The Balaban J connectivity index is 0.728. The summed E-state index contributed by atoms with van der Waals surface area (Å²) in [4.78, 5) is 63.5. The van der Waals surface area contributed by atoms with Gasteiger partial charge in [0.15, 0.2) is 11.6 Å². The Labute approximate surface area is 363 Å². The van der Waals surface area contributed by atoms with Gasteiger partial charge in [0.1, 0.15) is 11.5 Å². The third-order valence-electron chi connectivity index (χ3n) is 15.0. The summed E-state index contributed by atoms with van der Waals surface area (Å²) in [6.45, 7) is 4.72. The molecule has 61 heavy (non-hydrogen) atoms. The highest BCUT2D eigenvalue weighted by Gasteiger charge is 2.47. The molecule has 10 rings (SSSR count). The lowest BCUT2D eigenvalue weighted by molar-refractivity contribution is -0.137. The van der Waals surface area contributed by atoms with Crippen LogP contribution >= 0.6 is 15.9 Å². The highest BCUT2D eigenvalue weighted by Crippen LogP contribution is 2.52. The number of likely N-dealkylation sites (tertiary alicyclic amines) is 1. The smallest absolute Gasteiger partial charge is 0.281 e. The third-order valence-corrected chi connectivity index (χ3v) is 15.7. The number of benzene rings is 3. The van der Waals surface area contributed by atoms with Crippen LogP contribution in [0.3, 0.4) is 0 Å². The minimum absolute atomic E-state index is 0.0171. The van der Waals surface area contributed by atoms with E-state index in [1.54, 1.807) is 0 Å². The van der Waals surface area contributed by atoms with E-state index in [0.717, 1.165) is 86.8 Å². The molecule has 1 spiro atoms. The number of piperazine rings is 1. The lowest BCUT2D eigenvalue weighted by Crippen LogP contribution is -2.52. The molecule has 3 aromatic carbocycles. The van der Waals surface area contributed by atoms with Gasteiger partial charge in [0, 0.05) is 61.6 Å². The Hall–Kier alpha value is -4.49. The van der Waals surface area contributed by atoms with Crippen molar-refractivity contribution in [2.24, 2.45) is 11.8 Å². The molecule has 0 unspecified atom stereocenters. The number of piperidine rings is 2. The SMILES string of the molecule is O=C(C1CCN(CC2CCC(c3ccc4c(c3)-n3c(nc(=O)c5c(Br)cccc53)C43CCCCC3)CC2)CC1)N1CCN(c2cc(F)c(N3C(=O)CCCC3=O)c(F)c2)CC1. The predicted octanol–water partition coefficient (Wildman–Crippen LogP) is 8.37. The van der Waals surface area contributed by atoms with E-state index >= 15 is 8.78 Å². The molecule has 4 aromatic rings. The fourth-order valence-electron chi connectivity index (χ4n) is 11.8. The highest BCUT2D eigenvalue weighted by molar-refractivity contribution is 9.10. The zero-order valence-corrected chi connectivity index (χ0v) is 36.2. The summed E-state index contributed by atoms with van der Waals surface area (Å²) in [5.74, 6) is -0.833. The van der Waals surface area contributed by atoms with Gasteiger partial charge in [-0.3, -0.25) is 23.7 Å². The van der Waals surface area contributed by atoms with Crippen molar-refractivity contribution < 1.29 is 23.2 Å². The molecule has 10 nitrogen and oxygen atoms in total. The van der Waals surface area contributed by atoms with E-state index in [-0.39, 0.29) is 35.6 Å². The number of hydrogen-bond acceptors (Lipinski definition) is 7. The second kappa shape index (κ2) is 16.3. The van der Waals surface area contributed by atoms with E-state index in [1.807, 2.05) is 21.9 Å². The van der Waals surface area contributed by atoms with Gasteiger partial charge in [-0.15, -0.1) is 0 Å². The van der Waals surface area contributed by atoms with Crippen LogP contribution in [0, 0.1) is 23.5 Å². The van der Waals surface area contributed by atoms with Gasteiger partial charge in [0.05, 0.1) is 22.0 Å². The number of fused-ring (bicyclic) bond motifs is 7. The number of anilines is 2. The van der Waals surface area contributed by atoms with Crippen molar-refractivity contribution in [2.45, 2.75) is 101 Å². The summed E-state index contributed by atoms with van der Waals surface area (Å²) in [5.41, 5.74) is 4.25. The molecular weight excluding hydrogens is 842 g/mol. The monoisotopic (exact) mass is 894 g/mol. The number of rotatable bonds is 6. The van der Waals surface area contributed by atoms with Crippen LogP contribution in [-0.2, 0) is 19.8 Å². The first-order valence-corrected chi connectivity index (χ1v) is 23.4. The van der Waals surface area contributed by atoms with Gasteiger partial charge in [-0.25, -0.2) is 13.7 Å². The van der Waals surface area contributed by atoms with Crippen LogP contribution in [0.2, 0.25) is 0 Å². The number of nitrogens with zero attached hydrogens (tertiary/aromatic N) is 6. The molecule has 0 bridgehead atoms. The molecule has 5 heterocycles. The summed E-state index contributed by atoms with van der Waals surface area (Å²) >= 11 is 3.64. The number of imide groups is 1. The maximum Gasteiger partial charge on any atom is 0.281 e. The van der Waals surface area contributed by atoms with Crippen LogP contribution in [-0.4, -0.2) is 82.9 Å². The number of hydrogen-bond donors (Lipinski definition) is 0. The Kier molecular flexibility index (Phi) is 10.9. The quantitative estimate of drug-likeness (QED) is 0.180. The maximum absolute atomic E-state index is 15.2. The van der Waals surface area contributed by atoms with Crippen molar-refractivity contribution in [2.75, 3.05) is 55.6 Å². The van der Waals surface area contributed by atoms with Gasteiger partial charge < -0.3 is 14.7 Å². The Morgan fingerprint density at radius 2 is 1.48 bits per heavy atom. The maximum atomic E-state index is 15.2. The van der Waals surface area contributed by atoms with E-state index < -0.39 is 29.1 Å². The molecule has 1 aromatic heterocycles. The minimum atomic E-state index is -0.934. The predicted molar refractivity (Wildman–Crippen MR) is 234 cm³/mol. The van der Waals surface area contributed by atoms with E-state index in [4.69, 9.17) is 4.98 Å². The van der Waals surface area contributed by atoms with Crippen LogP contribution < -0.4 is 15.4 Å². The zero-order valence-electron chi connectivity index (χ0n) is 34.7. The summed E-state index contributed by atoms with van der Waals surface area (Å²) in [7, 11) is 0. The van der Waals surface area contributed by atoms with Crippen LogP contribution in [0.15, 0.2) is 57.8 Å². The molecule has 2 saturated carbocycles. The first-order chi connectivity index (χ1) is 29.6. The average molecular weight is 896 g/mol. The van der Waals surface area contributed by atoms with E-state index in [1.165, 1.54) is 48.2 Å². The largest absolute Gasteiger partial charge is 0.368 e. The molecule has 0 atom stereocenters.